The lowest BCUT2D eigenvalue weighted by molar-refractivity contribution is -0.318. The lowest BCUT2D eigenvalue weighted by Gasteiger charge is -2.49. The van der Waals surface area contributed by atoms with Gasteiger partial charge in [0.1, 0.15) is 23.9 Å². The number of rotatable bonds is 19. The van der Waals surface area contributed by atoms with Crippen LogP contribution in [0.2, 0.25) is 0 Å². The Morgan fingerprint density at radius 3 is 2.21 bits per heavy atom. The van der Waals surface area contributed by atoms with Gasteiger partial charge >= 0.3 is 18.0 Å². The molecule has 4 fully saturated rings. The number of nitrogens with zero attached hydrogens (tertiary/aromatic N) is 2. The number of nitrogens with one attached hydrogen (secondary N) is 2. The Bertz CT molecular complexity index is 2010. The van der Waals surface area contributed by atoms with E-state index in [2.05, 4.69) is 23.0 Å². The summed E-state index contributed by atoms with van der Waals surface area (Å²) in [6.07, 6.45) is -0.993. The molecule has 19 heteroatoms. The van der Waals surface area contributed by atoms with Crippen molar-refractivity contribution in [3.05, 3.63) is 35.9 Å². The number of hydrogen-bond donors (Lipinski definition) is 5. The number of hydrogen-bond acceptors (Lipinski definition) is 18. The van der Waals surface area contributed by atoms with Crippen molar-refractivity contribution in [2.75, 3.05) is 34.4 Å². The fourth-order valence-electron chi connectivity index (χ4n) is 12.4. The Morgan fingerprint density at radius 2 is 1.57 bits per heavy atom. The number of aliphatic hydroxyl groups excluding tert-OH is 1. The summed E-state index contributed by atoms with van der Waals surface area (Å²) in [7, 11) is 5.28. The second-order valence-corrected chi connectivity index (χ2v) is 23.7. The number of amides is 1. The Balaban J connectivity index is 1.56. The molecule has 18 atom stereocenters. The van der Waals surface area contributed by atoms with Gasteiger partial charge in [-0.05, 0) is 112 Å². The highest BCUT2D eigenvalue weighted by Crippen LogP contribution is 2.42. The van der Waals surface area contributed by atoms with E-state index in [1.807, 2.05) is 51.0 Å². The normalized spacial score (nSPS) is 38.6. The first-order valence-corrected chi connectivity index (χ1v) is 28.6. The molecule has 0 bridgehead atoms. The van der Waals surface area contributed by atoms with E-state index in [4.69, 9.17) is 47.9 Å². The monoisotopic (exact) mass is 1090 g/mol. The van der Waals surface area contributed by atoms with E-state index in [0.29, 0.717) is 31.2 Å². The summed E-state index contributed by atoms with van der Waals surface area (Å²) in [5, 5.41) is 42.5. The van der Waals surface area contributed by atoms with Crippen LogP contribution in [0, 0.1) is 29.6 Å². The first-order valence-electron chi connectivity index (χ1n) is 28.6. The zero-order valence-electron chi connectivity index (χ0n) is 48.9. The summed E-state index contributed by atoms with van der Waals surface area (Å²) in [5.74, 6) is -4.13. The van der Waals surface area contributed by atoms with Crippen molar-refractivity contribution in [1.29, 1.82) is 0 Å². The number of esters is 2. The van der Waals surface area contributed by atoms with Gasteiger partial charge in [0.15, 0.2) is 24.8 Å². The van der Waals surface area contributed by atoms with Crippen molar-refractivity contribution in [1.82, 2.24) is 15.8 Å². The summed E-state index contributed by atoms with van der Waals surface area (Å²) in [4.78, 5) is 48.9. The largest absolute Gasteiger partial charge is 0.459 e. The van der Waals surface area contributed by atoms with Crippen LogP contribution in [0.5, 0.6) is 0 Å². The summed E-state index contributed by atoms with van der Waals surface area (Å²) < 4.78 is 51.4. The molecule has 19 nitrogen and oxygen atoms in total. The van der Waals surface area contributed by atoms with Gasteiger partial charge in [0.25, 0.3) is 0 Å². The number of methoxy groups -OCH3 is 1. The molecule has 3 heterocycles. The fourth-order valence-corrected chi connectivity index (χ4v) is 12.4. The molecule has 440 valence electrons. The number of benzene rings is 1. The van der Waals surface area contributed by atoms with Crippen LogP contribution >= 0.6 is 0 Å². The van der Waals surface area contributed by atoms with Crippen molar-refractivity contribution in [2.45, 2.75) is 244 Å². The maximum Gasteiger partial charge on any atom is 0.422 e. The quantitative estimate of drug-likeness (QED) is 0.0393. The molecular formula is C58H98N4O15. The van der Waals surface area contributed by atoms with E-state index in [0.717, 1.165) is 25.7 Å². The zero-order chi connectivity index (χ0) is 56.8. The molecule has 0 spiro atoms. The first-order chi connectivity index (χ1) is 36.3. The van der Waals surface area contributed by atoms with Gasteiger partial charge in [0, 0.05) is 44.8 Å². The van der Waals surface area contributed by atoms with E-state index >= 15 is 0 Å². The molecule has 3 aliphatic heterocycles. The molecule has 3 saturated heterocycles. The average Bonchev–Trinajstić information content (AvgIpc) is 3.38. The number of aryl methyl sites for hydroxylation is 1. The minimum Gasteiger partial charge on any atom is -0.459 e. The van der Waals surface area contributed by atoms with Crippen molar-refractivity contribution in [3.8, 4) is 0 Å². The minimum atomic E-state index is -1.98. The van der Waals surface area contributed by atoms with Gasteiger partial charge in [-0.3, -0.25) is 15.0 Å². The Labute approximate surface area is 459 Å². The predicted octanol–water partition coefficient (Wildman–Crippen LogP) is 7.39. The molecule has 1 aromatic rings. The molecule has 1 amide bonds. The minimum absolute atomic E-state index is 0.0324. The highest BCUT2D eigenvalue weighted by Gasteiger charge is 2.55. The van der Waals surface area contributed by atoms with Crippen LogP contribution in [-0.4, -0.2) is 163 Å². The lowest BCUT2D eigenvalue weighted by atomic mass is 9.73. The summed E-state index contributed by atoms with van der Waals surface area (Å²) in [6.45, 7) is 19.5. The number of carbonyl (C=O) groups excluding carboxylic acids is 3. The van der Waals surface area contributed by atoms with E-state index in [-0.39, 0.29) is 19.3 Å². The standard InChI is InChI=1S/C58H98N4O15/c1-15-45-58(11,68)50(64)37(4)47(61-70-31-23-29-43-26-20-17-21-27-43)35(2)33-56(9,67)51(38(5)48(39(6)53(65)74-45)75-46-34-57(10,69-14)52(40(7)72-46)73-41(8)63)77-54-49(44(62(12)13)32-36(3)71-54)76-55(66)60-59-30-22-28-42-24-18-16-19-25-42/h16,18-19,24-25,35-40,43-46,48-52,54,59,64,67-68H,15,17,20-23,26-34H2,1-14H3,(H,60,66)/b61-47+/t35-,36-,37+,38+,39-,40+,44+,45-,46+,48+,49-,50-,51-,52+,54+,56?,57-,58-/m1/s1. The van der Waals surface area contributed by atoms with Crippen LogP contribution in [0.4, 0.5) is 4.79 Å². The van der Waals surface area contributed by atoms with Crippen molar-refractivity contribution < 1.29 is 72.4 Å². The van der Waals surface area contributed by atoms with Gasteiger partial charge in [0.2, 0.25) is 0 Å². The molecule has 77 heavy (non-hydrogen) atoms. The van der Waals surface area contributed by atoms with Crippen LogP contribution in [0.1, 0.15) is 159 Å². The number of oxime groups is 1. The van der Waals surface area contributed by atoms with Gasteiger partial charge in [-0.2, -0.15) is 0 Å². The first kappa shape index (κ1) is 64.3. The summed E-state index contributed by atoms with van der Waals surface area (Å²) >= 11 is 0. The number of cyclic esters (lactones) is 1. The summed E-state index contributed by atoms with van der Waals surface area (Å²) in [5.41, 5.74) is 2.33. The van der Waals surface area contributed by atoms with Gasteiger partial charge in [-0.15, -0.1) is 0 Å². The van der Waals surface area contributed by atoms with Crippen molar-refractivity contribution >= 4 is 23.7 Å². The fraction of sp³-hybridized carbons (Fsp3) is 0.828. The molecule has 5 rings (SSSR count). The third-order valence-electron chi connectivity index (χ3n) is 16.9. The number of likely N-dealkylation sites (N-methyl/N-ethyl adjacent to an activating group) is 1. The van der Waals surface area contributed by atoms with Gasteiger partial charge in [0.05, 0.1) is 53.8 Å². The van der Waals surface area contributed by atoms with Gasteiger partial charge in [-0.1, -0.05) is 95.3 Å². The molecule has 1 aliphatic carbocycles. The van der Waals surface area contributed by atoms with Crippen LogP contribution in [-0.2, 0) is 58.7 Å². The SMILES string of the molecule is CC[C@H]1OC(=O)[C@H](C)[C@@H](O[C@H]2C[C@@](C)(OC)[C@@H](OC(C)=O)[C@H](C)O2)[C@H](C)[C@@H](O[C@@H]2O[C@H](C)C[C@H](N(C)C)[C@H]2OC(=O)NNCCCc2ccccc2)C(C)(O)C[C@@H](C)/C(=N\OCCCC2CCCCC2)[C@H](C)[C@@H](O)[C@]1(C)O. The summed E-state index contributed by atoms with van der Waals surface area (Å²) in [6, 6.07) is 9.66. The van der Waals surface area contributed by atoms with E-state index < -0.39 is 126 Å². The number of ether oxygens (including phenoxy) is 8. The topological polar surface area (TPSA) is 235 Å². The Hall–Kier alpha value is -3.50. The number of carbonyl (C=O) groups is 3. The highest BCUT2D eigenvalue weighted by atomic mass is 16.7. The van der Waals surface area contributed by atoms with E-state index in [1.54, 1.807) is 48.5 Å². The molecular weight excluding hydrogens is 993 g/mol. The number of hydrazine groups is 1. The molecule has 1 saturated carbocycles. The van der Waals surface area contributed by atoms with Crippen molar-refractivity contribution in [2.24, 2.45) is 34.7 Å². The highest BCUT2D eigenvalue weighted by molar-refractivity contribution is 5.88. The van der Waals surface area contributed by atoms with E-state index in [1.165, 1.54) is 58.6 Å². The van der Waals surface area contributed by atoms with Gasteiger partial charge in [-0.25, -0.2) is 10.2 Å². The van der Waals surface area contributed by atoms with Crippen LogP contribution in [0.3, 0.4) is 0 Å². The number of aliphatic hydroxyl groups is 3. The second-order valence-electron chi connectivity index (χ2n) is 23.7. The van der Waals surface area contributed by atoms with Gasteiger partial charge < -0.3 is 63.0 Å². The van der Waals surface area contributed by atoms with E-state index in [9.17, 15) is 29.7 Å². The lowest BCUT2D eigenvalue weighted by Crippen LogP contribution is -2.62. The Morgan fingerprint density at radius 1 is 0.883 bits per heavy atom. The van der Waals surface area contributed by atoms with Crippen LogP contribution in [0.25, 0.3) is 0 Å². The van der Waals surface area contributed by atoms with Crippen LogP contribution in [0.15, 0.2) is 35.5 Å². The zero-order valence-corrected chi connectivity index (χ0v) is 48.9. The maximum atomic E-state index is 14.8. The van der Waals surface area contributed by atoms with Crippen molar-refractivity contribution in [3.63, 3.8) is 0 Å². The smallest absolute Gasteiger partial charge is 0.422 e. The average molecular weight is 1090 g/mol. The molecule has 4 aliphatic rings. The molecule has 5 N–H and O–H groups in total. The molecule has 0 aromatic heterocycles. The Kier molecular flexibility index (Phi) is 24.5. The maximum absolute atomic E-state index is 14.8. The molecule has 1 aromatic carbocycles. The second kappa shape index (κ2) is 29.3. The third-order valence-corrected chi connectivity index (χ3v) is 16.9. The molecule has 0 radical (unpaired) electrons. The third kappa shape index (κ3) is 17.5. The predicted molar refractivity (Wildman–Crippen MR) is 290 cm³/mol. The van der Waals surface area contributed by atoms with Crippen LogP contribution < -0.4 is 10.9 Å². The molecule has 1 unspecified atom stereocenters.